The summed E-state index contributed by atoms with van der Waals surface area (Å²) in [6, 6.07) is 28.4. The van der Waals surface area contributed by atoms with Crippen LogP contribution in [0.25, 0.3) is 0 Å². The van der Waals surface area contributed by atoms with Gasteiger partial charge in [0.25, 0.3) is 10.0 Å². The Bertz CT molecular complexity index is 1770. The van der Waals surface area contributed by atoms with Gasteiger partial charge in [-0.15, -0.1) is 0 Å². The summed E-state index contributed by atoms with van der Waals surface area (Å²) in [5.41, 5.74) is 1.74. The zero-order valence-corrected chi connectivity index (χ0v) is 28.9. The predicted molar refractivity (Wildman–Crippen MR) is 186 cm³/mol. The summed E-state index contributed by atoms with van der Waals surface area (Å²) in [6.45, 7) is -0.532. The highest BCUT2D eigenvalue weighted by Gasteiger charge is 2.36. The molecule has 1 aliphatic rings. The summed E-state index contributed by atoms with van der Waals surface area (Å²) < 4.78 is 30.1. The average molecular weight is 744 g/mol. The largest absolute Gasteiger partial charge is 0.352 e. The second-order valence-corrected chi connectivity index (χ2v) is 14.9. The molecular weight excluding hydrogens is 709 g/mol. The number of nitrogens with one attached hydrogen (secondary N) is 1. The molecule has 1 unspecified atom stereocenters. The van der Waals surface area contributed by atoms with Gasteiger partial charge in [0.1, 0.15) is 12.6 Å². The van der Waals surface area contributed by atoms with Crippen LogP contribution in [0.4, 0.5) is 5.69 Å². The smallest absolute Gasteiger partial charge is 0.264 e. The minimum absolute atomic E-state index is 0.00725. The van der Waals surface area contributed by atoms with Gasteiger partial charge in [0, 0.05) is 28.5 Å². The molecule has 1 atom stereocenters. The van der Waals surface area contributed by atoms with Gasteiger partial charge in [0.05, 0.1) is 15.6 Å². The van der Waals surface area contributed by atoms with E-state index in [0.29, 0.717) is 5.02 Å². The molecule has 4 aromatic carbocycles. The van der Waals surface area contributed by atoms with Crippen molar-refractivity contribution >= 4 is 66.7 Å². The molecule has 240 valence electrons. The van der Waals surface area contributed by atoms with E-state index in [-0.39, 0.29) is 40.5 Å². The number of nitrogens with zero attached hydrogens (tertiary/aromatic N) is 2. The number of halogens is 3. The van der Waals surface area contributed by atoms with Crippen LogP contribution in [0, 0.1) is 0 Å². The number of amides is 2. The third-order valence-electron chi connectivity index (χ3n) is 8.00. The van der Waals surface area contributed by atoms with Crippen molar-refractivity contribution in [1.82, 2.24) is 10.2 Å². The minimum Gasteiger partial charge on any atom is -0.352 e. The molecule has 0 saturated heterocycles. The monoisotopic (exact) mass is 741 g/mol. The minimum atomic E-state index is -4.27. The Kier molecular flexibility index (Phi) is 11.4. The highest BCUT2D eigenvalue weighted by atomic mass is 79.9. The lowest BCUT2D eigenvalue weighted by molar-refractivity contribution is -0.140. The van der Waals surface area contributed by atoms with Gasteiger partial charge in [-0.05, 0) is 66.4 Å². The van der Waals surface area contributed by atoms with Crippen LogP contribution in [0.15, 0.2) is 112 Å². The van der Waals surface area contributed by atoms with Gasteiger partial charge in [-0.1, -0.05) is 113 Å². The fraction of sp³-hybridized carbons (Fsp3) is 0.257. The molecule has 5 rings (SSSR count). The van der Waals surface area contributed by atoms with E-state index in [1.165, 1.54) is 35.2 Å². The lowest BCUT2D eigenvalue weighted by atomic mass is 10.0. The topological polar surface area (TPSA) is 86.8 Å². The summed E-state index contributed by atoms with van der Waals surface area (Å²) in [5, 5.41) is 3.57. The van der Waals surface area contributed by atoms with Gasteiger partial charge in [-0.2, -0.15) is 0 Å². The number of anilines is 1. The van der Waals surface area contributed by atoms with Crippen molar-refractivity contribution in [3.05, 3.63) is 129 Å². The van der Waals surface area contributed by atoms with Crippen molar-refractivity contribution in [1.29, 1.82) is 0 Å². The second-order valence-electron chi connectivity index (χ2n) is 11.3. The number of rotatable bonds is 12. The molecule has 1 saturated carbocycles. The Morgan fingerprint density at radius 3 is 2.15 bits per heavy atom. The van der Waals surface area contributed by atoms with Crippen LogP contribution in [0.5, 0.6) is 0 Å². The summed E-state index contributed by atoms with van der Waals surface area (Å²) in [4.78, 5) is 30.2. The van der Waals surface area contributed by atoms with E-state index < -0.39 is 28.5 Å². The van der Waals surface area contributed by atoms with Crippen molar-refractivity contribution in [3.8, 4) is 0 Å². The fourth-order valence-electron chi connectivity index (χ4n) is 5.67. The highest BCUT2D eigenvalue weighted by molar-refractivity contribution is 9.10. The Morgan fingerprint density at radius 1 is 0.848 bits per heavy atom. The number of hydrogen-bond acceptors (Lipinski definition) is 4. The quantitative estimate of drug-likeness (QED) is 0.162. The molecule has 11 heteroatoms. The summed E-state index contributed by atoms with van der Waals surface area (Å²) >= 11 is 16.2. The maximum absolute atomic E-state index is 14.6. The first-order chi connectivity index (χ1) is 22.1. The standard InChI is InChI=1S/C35H34BrCl2N3O4S/c36-27-13-9-12-26(20-27)23-40(33(21-25-10-3-1-4-11-25)35(43)39-29-14-7-8-15-29)34(42)24-41(32-19-18-28(37)22-31(32)38)46(44,45)30-16-5-2-6-17-30/h1-6,9-13,16-20,22,29,33H,7-8,14-15,21,23-24H2,(H,39,43). The Labute approximate surface area is 288 Å². The summed E-state index contributed by atoms with van der Waals surface area (Å²) in [6.07, 6.45) is 4.06. The van der Waals surface area contributed by atoms with Crippen LogP contribution in [-0.4, -0.2) is 43.8 Å². The van der Waals surface area contributed by atoms with Crippen molar-refractivity contribution in [2.75, 3.05) is 10.8 Å². The Balaban J connectivity index is 1.58. The van der Waals surface area contributed by atoms with E-state index in [0.717, 1.165) is 45.6 Å². The van der Waals surface area contributed by atoms with E-state index in [2.05, 4.69) is 21.2 Å². The lowest BCUT2D eigenvalue weighted by Crippen LogP contribution is -2.54. The molecule has 0 spiro atoms. The van der Waals surface area contributed by atoms with E-state index >= 15 is 0 Å². The molecule has 7 nitrogen and oxygen atoms in total. The van der Waals surface area contributed by atoms with Gasteiger partial charge in [-0.3, -0.25) is 13.9 Å². The summed E-state index contributed by atoms with van der Waals surface area (Å²) in [7, 11) is -4.27. The van der Waals surface area contributed by atoms with Gasteiger partial charge < -0.3 is 10.2 Å². The molecule has 2 amide bonds. The maximum atomic E-state index is 14.6. The average Bonchev–Trinajstić information content (AvgIpc) is 3.56. The first-order valence-electron chi connectivity index (χ1n) is 15.0. The summed E-state index contributed by atoms with van der Waals surface area (Å²) in [5.74, 6) is -0.839. The number of benzene rings is 4. The van der Waals surface area contributed by atoms with Crippen molar-refractivity contribution in [2.24, 2.45) is 0 Å². The van der Waals surface area contributed by atoms with E-state index in [9.17, 15) is 18.0 Å². The van der Waals surface area contributed by atoms with Gasteiger partial charge in [-0.25, -0.2) is 8.42 Å². The predicted octanol–water partition coefficient (Wildman–Crippen LogP) is 7.65. The normalized spacial score (nSPS) is 14.1. The highest BCUT2D eigenvalue weighted by Crippen LogP contribution is 2.33. The number of sulfonamides is 1. The maximum Gasteiger partial charge on any atom is 0.264 e. The van der Waals surface area contributed by atoms with Gasteiger partial charge in [0.2, 0.25) is 11.8 Å². The first kappa shape index (κ1) is 34.0. The molecule has 1 fully saturated rings. The molecule has 4 aromatic rings. The van der Waals surface area contributed by atoms with Crippen LogP contribution >= 0.6 is 39.1 Å². The molecule has 0 radical (unpaired) electrons. The Morgan fingerprint density at radius 2 is 1.50 bits per heavy atom. The van der Waals surface area contributed by atoms with E-state index in [1.54, 1.807) is 18.2 Å². The number of carbonyl (C=O) groups excluding carboxylic acids is 2. The van der Waals surface area contributed by atoms with E-state index in [1.807, 2.05) is 54.6 Å². The van der Waals surface area contributed by atoms with Gasteiger partial charge in [0.15, 0.2) is 0 Å². The molecule has 46 heavy (non-hydrogen) atoms. The second kappa shape index (κ2) is 15.5. The molecule has 0 heterocycles. The molecule has 1 aliphatic carbocycles. The zero-order chi connectivity index (χ0) is 32.7. The number of carbonyl (C=O) groups is 2. The van der Waals surface area contributed by atoms with E-state index in [4.69, 9.17) is 23.2 Å². The van der Waals surface area contributed by atoms with Gasteiger partial charge >= 0.3 is 0 Å². The molecule has 1 N–H and O–H groups in total. The van der Waals surface area contributed by atoms with Crippen LogP contribution in [0.3, 0.4) is 0 Å². The lowest BCUT2D eigenvalue weighted by Gasteiger charge is -2.34. The SMILES string of the molecule is O=C(NC1CCCC1)C(Cc1ccccc1)N(Cc1cccc(Br)c1)C(=O)CN(c1ccc(Cl)cc1Cl)S(=O)(=O)c1ccccc1. The molecule has 0 aliphatic heterocycles. The fourth-order valence-corrected chi connectivity index (χ4v) is 8.13. The Hall–Kier alpha value is -3.37. The van der Waals surface area contributed by atoms with Crippen molar-refractivity contribution in [2.45, 2.75) is 55.6 Å². The van der Waals surface area contributed by atoms with Crippen molar-refractivity contribution < 1.29 is 18.0 Å². The van der Waals surface area contributed by atoms with Crippen LogP contribution < -0.4 is 9.62 Å². The van der Waals surface area contributed by atoms with Crippen LogP contribution in [0.2, 0.25) is 10.0 Å². The molecular formula is C35H34BrCl2N3O4S. The van der Waals surface area contributed by atoms with Crippen LogP contribution in [0.1, 0.15) is 36.8 Å². The molecule has 0 aromatic heterocycles. The first-order valence-corrected chi connectivity index (χ1v) is 18.0. The number of hydrogen-bond donors (Lipinski definition) is 1. The third-order valence-corrected chi connectivity index (χ3v) is 10.8. The zero-order valence-electron chi connectivity index (χ0n) is 25.0. The molecule has 0 bridgehead atoms. The van der Waals surface area contributed by atoms with Crippen molar-refractivity contribution in [3.63, 3.8) is 0 Å². The van der Waals surface area contributed by atoms with Crippen LogP contribution in [-0.2, 0) is 32.6 Å². The third kappa shape index (κ3) is 8.50.